The fourth-order valence-electron chi connectivity index (χ4n) is 1.77. The van der Waals surface area contributed by atoms with Gasteiger partial charge in [-0.3, -0.25) is 9.48 Å². The number of nitrogens with zero attached hydrogens (tertiary/aromatic N) is 2. The lowest BCUT2D eigenvalue weighted by molar-refractivity contribution is -0.121. The minimum absolute atomic E-state index is 0.0592. The second-order valence-electron chi connectivity index (χ2n) is 4.36. The summed E-state index contributed by atoms with van der Waals surface area (Å²) in [5.41, 5.74) is 7.47. The van der Waals surface area contributed by atoms with Crippen molar-refractivity contribution in [2.75, 3.05) is 12.3 Å². The number of nitrogen functional groups attached to an aromatic ring is 1. The van der Waals surface area contributed by atoms with Gasteiger partial charge in [-0.15, -0.1) is 0 Å². The molecule has 2 rings (SSSR count). The van der Waals surface area contributed by atoms with E-state index in [0.29, 0.717) is 19.5 Å². The molecule has 0 spiro atoms. The first-order chi connectivity index (χ1) is 9.24. The summed E-state index contributed by atoms with van der Waals surface area (Å²) in [7, 11) is 0. The number of amides is 1. The van der Waals surface area contributed by atoms with Crippen molar-refractivity contribution >= 4 is 11.6 Å². The van der Waals surface area contributed by atoms with Crippen LogP contribution < -0.4 is 11.1 Å². The summed E-state index contributed by atoms with van der Waals surface area (Å²) in [4.78, 5) is 11.6. The normalized spacial score (nSPS) is 10.3. The van der Waals surface area contributed by atoms with Crippen molar-refractivity contribution in [1.82, 2.24) is 15.1 Å². The van der Waals surface area contributed by atoms with Gasteiger partial charge in [0.25, 0.3) is 0 Å². The lowest BCUT2D eigenvalue weighted by Gasteiger charge is -2.06. The third-order valence-electron chi connectivity index (χ3n) is 2.84. The van der Waals surface area contributed by atoms with Gasteiger partial charge in [0.2, 0.25) is 5.91 Å². The van der Waals surface area contributed by atoms with Crippen molar-refractivity contribution < 1.29 is 4.79 Å². The maximum absolute atomic E-state index is 11.6. The Kier molecular flexibility index (Phi) is 4.55. The van der Waals surface area contributed by atoms with Gasteiger partial charge in [-0.05, 0) is 30.2 Å². The molecule has 1 heterocycles. The van der Waals surface area contributed by atoms with E-state index in [9.17, 15) is 4.79 Å². The number of benzene rings is 1. The predicted octanol–water partition coefficient (Wildman–Crippen LogP) is 1.21. The molecule has 0 saturated carbocycles. The lowest BCUT2D eigenvalue weighted by atomic mass is 10.1. The minimum atomic E-state index is 0.0592. The van der Waals surface area contributed by atoms with Crippen molar-refractivity contribution in [1.29, 1.82) is 0 Å². The van der Waals surface area contributed by atoms with Gasteiger partial charge in [0, 0.05) is 31.0 Å². The van der Waals surface area contributed by atoms with Crippen LogP contribution >= 0.6 is 0 Å². The van der Waals surface area contributed by atoms with E-state index in [1.165, 1.54) is 0 Å². The van der Waals surface area contributed by atoms with Crippen LogP contribution in [0.2, 0.25) is 0 Å². The van der Waals surface area contributed by atoms with E-state index in [0.717, 1.165) is 17.7 Å². The molecule has 0 fully saturated rings. The second-order valence-corrected chi connectivity index (χ2v) is 4.36. The van der Waals surface area contributed by atoms with Crippen LogP contribution in [0.3, 0.4) is 0 Å². The molecule has 5 nitrogen and oxygen atoms in total. The van der Waals surface area contributed by atoms with Crippen LogP contribution in [-0.2, 0) is 17.8 Å². The van der Waals surface area contributed by atoms with Crippen molar-refractivity contribution in [3.05, 3.63) is 48.3 Å². The number of carbonyl (C=O) groups is 1. The molecule has 3 N–H and O–H groups in total. The second kappa shape index (κ2) is 6.58. The summed E-state index contributed by atoms with van der Waals surface area (Å²) in [6.45, 7) is 1.29. The fraction of sp³-hybridized carbons (Fsp3) is 0.286. The Hall–Kier alpha value is -2.30. The van der Waals surface area contributed by atoms with E-state index in [2.05, 4.69) is 10.4 Å². The third-order valence-corrected chi connectivity index (χ3v) is 2.84. The summed E-state index contributed by atoms with van der Waals surface area (Å²) in [6, 6.07) is 9.47. The Morgan fingerprint density at radius 3 is 2.79 bits per heavy atom. The van der Waals surface area contributed by atoms with E-state index in [1.54, 1.807) is 10.9 Å². The van der Waals surface area contributed by atoms with Gasteiger partial charge in [0.05, 0.1) is 6.54 Å². The van der Waals surface area contributed by atoms with Gasteiger partial charge in [-0.2, -0.15) is 5.10 Å². The molecular formula is C14H18N4O. The number of carbonyl (C=O) groups excluding carboxylic acids is 1. The van der Waals surface area contributed by atoms with E-state index < -0.39 is 0 Å². The molecule has 0 aliphatic heterocycles. The SMILES string of the molecule is Nc1ccc(CCC(=O)NCCn2cccn2)cc1. The van der Waals surface area contributed by atoms with E-state index in [4.69, 9.17) is 5.73 Å². The maximum atomic E-state index is 11.6. The zero-order valence-corrected chi connectivity index (χ0v) is 10.7. The zero-order valence-electron chi connectivity index (χ0n) is 10.7. The van der Waals surface area contributed by atoms with Crippen LogP contribution in [0.5, 0.6) is 0 Å². The molecule has 0 unspecified atom stereocenters. The monoisotopic (exact) mass is 258 g/mol. The molecule has 5 heteroatoms. The van der Waals surface area contributed by atoms with E-state index in [1.807, 2.05) is 36.5 Å². The largest absolute Gasteiger partial charge is 0.399 e. The molecule has 1 amide bonds. The van der Waals surface area contributed by atoms with Crippen molar-refractivity contribution in [3.8, 4) is 0 Å². The molecule has 100 valence electrons. The summed E-state index contributed by atoms with van der Waals surface area (Å²) in [6.07, 6.45) is 4.82. The van der Waals surface area contributed by atoms with Crippen LogP contribution in [0.15, 0.2) is 42.7 Å². The topological polar surface area (TPSA) is 72.9 Å². The Morgan fingerprint density at radius 1 is 1.32 bits per heavy atom. The maximum Gasteiger partial charge on any atom is 0.220 e. The molecule has 1 aromatic heterocycles. The van der Waals surface area contributed by atoms with Crippen LogP contribution in [0.4, 0.5) is 5.69 Å². The van der Waals surface area contributed by atoms with Crippen LogP contribution in [0, 0.1) is 0 Å². The number of aromatic nitrogens is 2. The number of anilines is 1. The smallest absolute Gasteiger partial charge is 0.220 e. The van der Waals surface area contributed by atoms with Crippen molar-refractivity contribution in [3.63, 3.8) is 0 Å². The molecule has 1 aromatic carbocycles. The molecule has 0 aliphatic carbocycles. The van der Waals surface area contributed by atoms with Crippen LogP contribution in [0.1, 0.15) is 12.0 Å². The average molecular weight is 258 g/mol. The molecular weight excluding hydrogens is 240 g/mol. The van der Waals surface area contributed by atoms with Gasteiger partial charge in [0.15, 0.2) is 0 Å². The third kappa shape index (κ3) is 4.46. The molecule has 0 saturated heterocycles. The van der Waals surface area contributed by atoms with Crippen LogP contribution in [0.25, 0.3) is 0 Å². The van der Waals surface area contributed by atoms with Gasteiger partial charge >= 0.3 is 0 Å². The molecule has 0 atom stereocenters. The quantitative estimate of drug-likeness (QED) is 0.765. The first-order valence-electron chi connectivity index (χ1n) is 6.32. The van der Waals surface area contributed by atoms with Gasteiger partial charge in [-0.25, -0.2) is 0 Å². The highest BCUT2D eigenvalue weighted by atomic mass is 16.1. The zero-order chi connectivity index (χ0) is 13.5. The highest BCUT2D eigenvalue weighted by Gasteiger charge is 2.02. The van der Waals surface area contributed by atoms with Gasteiger partial charge in [-0.1, -0.05) is 12.1 Å². The molecule has 19 heavy (non-hydrogen) atoms. The van der Waals surface area contributed by atoms with Crippen LogP contribution in [-0.4, -0.2) is 22.2 Å². The molecule has 2 aromatic rings. The summed E-state index contributed by atoms with van der Waals surface area (Å²) in [5, 5.41) is 6.95. The lowest BCUT2D eigenvalue weighted by Crippen LogP contribution is -2.27. The Balaban J connectivity index is 1.65. The number of rotatable bonds is 6. The highest BCUT2D eigenvalue weighted by Crippen LogP contribution is 2.07. The Morgan fingerprint density at radius 2 is 2.11 bits per heavy atom. The standard InChI is InChI=1S/C14H18N4O/c15-13-5-2-12(3-6-13)4-7-14(19)16-9-11-18-10-1-8-17-18/h1-3,5-6,8,10H,4,7,9,11,15H2,(H,16,19). The van der Waals surface area contributed by atoms with Crippen molar-refractivity contribution in [2.24, 2.45) is 0 Å². The fourth-order valence-corrected chi connectivity index (χ4v) is 1.77. The van der Waals surface area contributed by atoms with E-state index >= 15 is 0 Å². The predicted molar refractivity (Wildman–Crippen MR) is 74.4 cm³/mol. The number of aryl methyl sites for hydroxylation is 1. The van der Waals surface area contributed by atoms with E-state index in [-0.39, 0.29) is 5.91 Å². The Bertz CT molecular complexity index is 505. The average Bonchev–Trinajstić information content (AvgIpc) is 2.91. The summed E-state index contributed by atoms with van der Waals surface area (Å²) in [5.74, 6) is 0.0592. The number of nitrogens with two attached hydrogens (primary N) is 1. The minimum Gasteiger partial charge on any atom is -0.399 e. The van der Waals surface area contributed by atoms with Gasteiger partial charge in [0.1, 0.15) is 0 Å². The highest BCUT2D eigenvalue weighted by molar-refractivity contribution is 5.76. The number of nitrogens with one attached hydrogen (secondary N) is 1. The summed E-state index contributed by atoms with van der Waals surface area (Å²) < 4.78 is 1.79. The Labute approximate surface area is 112 Å². The summed E-state index contributed by atoms with van der Waals surface area (Å²) >= 11 is 0. The van der Waals surface area contributed by atoms with Gasteiger partial charge < -0.3 is 11.1 Å². The molecule has 0 radical (unpaired) electrons. The van der Waals surface area contributed by atoms with Crippen molar-refractivity contribution in [2.45, 2.75) is 19.4 Å². The first-order valence-corrected chi connectivity index (χ1v) is 6.32. The number of hydrogen-bond acceptors (Lipinski definition) is 3. The number of hydrogen-bond donors (Lipinski definition) is 2. The molecule has 0 aliphatic rings. The first kappa shape index (κ1) is 13.1. The molecule has 0 bridgehead atoms.